The van der Waals surface area contributed by atoms with Crippen molar-refractivity contribution in [3.63, 3.8) is 0 Å². The number of urea groups is 1. The molecule has 3 aliphatic rings. The number of likely N-dealkylation sites (tertiary alicyclic amines) is 1. The van der Waals surface area contributed by atoms with Gasteiger partial charge in [-0.05, 0) is 50.9 Å². The van der Waals surface area contributed by atoms with E-state index in [1.54, 1.807) is 11.3 Å². The topological polar surface area (TPSA) is 54.5 Å². The Labute approximate surface area is 147 Å². The third kappa shape index (κ3) is 2.94. The number of thiazole rings is 1. The molecule has 3 heterocycles. The number of hydrogen-bond donors (Lipinski definition) is 1. The molecule has 5 nitrogen and oxygen atoms in total. The van der Waals surface area contributed by atoms with Gasteiger partial charge in [0, 0.05) is 31.2 Å². The van der Waals surface area contributed by atoms with Crippen LogP contribution < -0.4 is 5.32 Å². The normalized spacial score (nSPS) is 29.3. The lowest BCUT2D eigenvalue weighted by atomic mass is 9.75. The van der Waals surface area contributed by atoms with Crippen molar-refractivity contribution < 1.29 is 9.53 Å². The van der Waals surface area contributed by atoms with E-state index in [2.05, 4.69) is 15.7 Å². The van der Waals surface area contributed by atoms with E-state index < -0.39 is 0 Å². The summed E-state index contributed by atoms with van der Waals surface area (Å²) in [4.78, 5) is 19.6. The van der Waals surface area contributed by atoms with Gasteiger partial charge in [0.2, 0.25) is 0 Å². The Morgan fingerprint density at radius 3 is 2.92 bits per heavy atom. The number of carbonyl (C=O) groups is 1. The van der Waals surface area contributed by atoms with Crippen molar-refractivity contribution >= 4 is 17.4 Å². The average molecular weight is 350 g/mol. The minimum Gasteiger partial charge on any atom is -0.381 e. The zero-order chi connectivity index (χ0) is 16.6. The van der Waals surface area contributed by atoms with E-state index in [0.29, 0.717) is 6.04 Å². The molecular formula is C18H27N3O2S. The standard InChI is InChI=1S/C18H27N3O2S/c1-13-19-14(12-24-13)15-4-3-9-21(15)17(22)20-16-5-2-6-18(16)7-10-23-11-8-18/h12,15-16H,2-11H2,1H3,(H,20,22)/t15-,16+/m1/s1. The van der Waals surface area contributed by atoms with Crippen LogP contribution >= 0.6 is 11.3 Å². The molecule has 2 amide bonds. The van der Waals surface area contributed by atoms with Crippen LogP contribution in [0.2, 0.25) is 0 Å². The molecule has 0 unspecified atom stereocenters. The molecule has 2 aliphatic heterocycles. The van der Waals surface area contributed by atoms with Crippen LogP contribution in [-0.2, 0) is 4.74 Å². The average Bonchev–Trinajstić information content (AvgIpc) is 3.29. The van der Waals surface area contributed by atoms with Gasteiger partial charge in [-0.25, -0.2) is 9.78 Å². The molecule has 2 saturated heterocycles. The van der Waals surface area contributed by atoms with Crippen LogP contribution in [0.15, 0.2) is 5.38 Å². The molecule has 0 bridgehead atoms. The summed E-state index contributed by atoms with van der Waals surface area (Å²) in [6.07, 6.45) is 7.84. The minimum atomic E-state index is 0.112. The van der Waals surface area contributed by atoms with Gasteiger partial charge in [-0.15, -0.1) is 11.3 Å². The molecule has 24 heavy (non-hydrogen) atoms. The van der Waals surface area contributed by atoms with Crippen LogP contribution in [0, 0.1) is 12.3 Å². The van der Waals surface area contributed by atoms with Crippen LogP contribution in [0.4, 0.5) is 4.79 Å². The maximum absolute atomic E-state index is 13.0. The van der Waals surface area contributed by atoms with Gasteiger partial charge in [-0.2, -0.15) is 0 Å². The molecule has 0 radical (unpaired) electrons. The number of amides is 2. The van der Waals surface area contributed by atoms with Crippen molar-refractivity contribution in [3.05, 3.63) is 16.1 Å². The lowest BCUT2D eigenvalue weighted by Gasteiger charge is -2.40. The summed E-state index contributed by atoms with van der Waals surface area (Å²) in [6.45, 7) is 4.56. The van der Waals surface area contributed by atoms with E-state index in [1.165, 1.54) is 12.8 Å². The number of carbonyl (C=O) groups excluding carboxylic acids is 1. The van der Waals surface area contributed by atoms with Crippen molar-refractivity contribution in [3.8, 4) is 0 Å². The summed E-state index contributed by atoms with van der Waals surface area (Å²) in [6, 6.07) is 0.579. The van der Waals surface area contributed by atoms with Gasteiger partial charge in [0.25, 0.3) is 0 Å². The van der Waals surface area contributed by atoms with Crippen molar-refractivity contribution in [1.82, 2.24) is 15.2 Å². The van der Waals surface area contributed by atoms with E-state index >= 15 is 0 Å². The quantitative estimate of drug-likeness (QED) is 0.887. The molecular weight excluding hydrogens is 322 g/mol. The van der Waals surface area contributed by atoms with Gasteiger partial charge in [0.15, 0.2) is 0 Å². The third-order valence-corrected chi connectivity index (χ3v) is 6.98. The van der Waals surface area contributed by atoms with Crippen LogP contribution in [0.3, 0.4) is 0 Å². The number of aromatic nitrogens is 1. The van der Waals surface area contributed by atoms with Gasteiger partial charge in [-0.3, -0.25) is 0 Å². The first-order chi connectivity index (χ1) is 11.7. The summed E-state index contributed by atoms with van der Waals surface area (Å²) >= 11 is 1.67. The number of nitrogens with zero attached hydrogens (tertiary/aromatic N) is 2. The Morgan fingerprint density at radius 2 is 2.17 bits per heavy atom. The lowest BCUT2D eigenvalue weighted by molar-refractivity contribution is 0.00535. The van der Waals surface area contributed by atoms with Crippen LogP contribution in [-0.4, -0.2) is 41.7 Å². The van der Waals surface area contributed by atoms with Crippen molar-refractivity contribution in [2.45, 2.75) is 64.0 Å². The number of nitrogens with one attached hydrogen (secondary N) is 1. The largest absolute Gasteiger partial charge is 0.381 e. The van der Waals surface area contributed by atoms with Gasteiger partial charge in [0.1, 0.15) is 0 Å². The first kappa shape index (κ1) is 16.3. The molecule has 1 spiro atoms. The number of hydrogen-bond acceptors (Lipinski definition) is 4. The molecule has 2 atom stereocenters. The van der Waals surface area contributed by atoms with Crippen molar-refractivity contribution in [2.75, 3.05) is 19.8 Å². The smallest absolute Gasteiger partial charge is 0.318 e. The van der Waals surface area contributed by atoms with Gasteiger partial charge in [-0.1, -0.05) is 6.42 Å². The molecule has 6 heteroatoms. The Bertz CT molecular complexity index is 597. The van der Waals surface area contributed by atoms with E-state index in [9.17, 15) is 4.79 Å². The molecule has 1 N–H and O–H groups in total. The fourth-order valence-corrected chi connectivity index (χ4v) is 5.48. The van der Waals surface area contributed by atoms with Gasteiger partial charge in [0.05, 0.1) is 16.7 Å². The highest BCUT2D eigenvalue weighted by Gasteiger charge is 2.45. The van der Waals surface area contributed by atoms with Gasteiger partial charge >= 0.3 is 6.03 Å². The minimum absolute atomic E-state index is 0.112. The second-order valence-corrected chi connectivity index (χ2v) is 8.57. The summed E-state index contributed by atoms with van der Waals surface area (Å²) in [7, 11) is 0. The van der Waals surface area contributed by atoms with Crippen LogP contribution in [0.5, 0.6) is 0 Å². The molecule has 1 aliphatic carbocycles. The highest BCUT2D eigenvalue weighted by Crippen LogP contribution is 2.46. The molecule has 0 aromatic carbocycles. The zero-order valence-corrected chi connectivity index (χ0v) is 15.2. The summed E-state index contributed by atoms with van der Waals surface area (Å²) < 4.78 is 5.56. The van der Waals surface area contributed by atoms with E-state index in [-0.39, 0.29) is 17.5 Å². The Hall–Kier alpha value is -1.14. The van der Waals surface area contributed by atoms with Crippen molar-refractivity contribution in [2.24, 2.45) is 5.41 Å². The molecule has 4 rings (SSSR count). The number of aryl methyl sites for hydroxylation is 1. The lowest BCUT2D eigenvalue weighted by Crippen LogP contribution is -2.51. The predicted octanol–water partition coefficient (Wildman–Crippen LogP) is 3.65. The number of ether oxygens (including phenoxy) is 1. The second-order valence-electron chi connectivity index (χ2n) is 7.51. The first-order valence-corrected chi connectivity index (χ1v) is 10.1. The van der Waals surface area contributed by atoms with E-state index in [1.807, 2.05) is 11.8 Å². The fraction of sp³-hybridized carbons (Fsp3) is 0.778. The summed E-state index contributed by atoms with van der Waals surface area (Å²) in [5.74, 6) is 0. The van der Waals surface area contributed by atoms with Crippen LogP contribution in [0.1, 0.15) is 61.7 Å². The Balaban J connectivity index is 1.45. The zero-order valence-electron chi connectivity index (χ0n) is 14.4. The van der Waals surface area contributed by atoms with Crippen molar-refractivity contribution in [1.29, 1.82) is 0 Å². The molecule has 1 aromatic rings. The predicted molar refractivity (Wildman–Crippen MR) is 94.2 cm³/mol. The SMILES string of the molecule is Cc1nc([C@H]2CCCN2C(=O)N[C@H]2CCCC23CCOCC3)cs1. The van der Waals surface area contributed by atoms with E-state index in [4.69, 9.17) is 4.74 Å². The van der Waals surface area contributed by atoms with Gasteiger partial charge < -0.3 is 15.0 Å². The fourth-order valence-electron chi connectivity index (χ4n) is 4.82. The number of rotatable bonds is 2. The third-order valence-electron chi connectivity index (χ3n) is 6.18. The second kappa shape index (κ2) is 6.64. The summed E-state index contributed by atoms with van der Waals surface area (Å²) in [5.41, 5.74) is 1.35. The molecule has 1 aromatic heterocycles. The monoisotopic (exact) mass is 349 g/mol. The Kier molecular flexibility index (Phi) is 4.52. The van der Waals surface area contributed by atoms with E-state index in [0.717, 1.165) is 62.6 Å². The maximum atomic E-state index is 13.0. The highest BCUT2D eigenvalue weighted by atomic mass is 32.1. The highest BCUT2D eigenvalue weighted by molar-refractivity contribution is 7.09. The maximum Gasteiger partial charge on any atom is 0.318 e. The summed E-state index contributed by atoms with van der Waals surface area (Å²) in [5, 5.41) is 6.59. The molecule has 132 valence electrons. The Morgan fingerprint density at radius 1 is 1.33 bits per heavy atom. The first-order valence-electron chi connectivity index (χ1n) is 9.25. The molecule has 1 saturated carbocycles. The molecule has 3 fully saturated rings. The van der Waals surface area contributed by atoms with Crippen LogP contribution in [0.25, 0.3) is 0 Å².